The second-order valence-corrected chi connectivity index (χ2v) is 9.54. The standard InChI is InChI=1S/C23H24N6O4S/c1-4-27(5-2)34(32,33)19-12-8-17(9-13-19)22(30)26-28-15-24-21-20(23(28)31)14-25-29(21)18-10-6-16(3)7-11-18/h6-15H,4-5H2,1-3H3,(H,26,30). The van der Waals surface area contributed by atoms with Gasteiger partial charge in [-0.05, 0) is 43.3 Å². The van der Waals surface area contributed by atoms with Gasteiger partial charge in [-0.25, -0.2) is 22.8 Å². The van der Waals surface area contributed by atoms with Gasteiger partial charge in [0.2, 0.25) is 10.0 Å². The highest BCUT2D eigenvalue weighted by Crippen LogP contribution is 2.17. The lowest BCUT2D eigenvalue weighted by atomic mass is 10.2. The third-order valence-corrected chi connectivity index (χ3v) is 7.51. The lowest BCUT2D eigenvalue weighted by Crippen LogP contribution is -2.33. The average molecular weight is 481 g/mol. The molecule has 0 aliphatic heterocycles. The first-order chi connectivity index (χ1) is 16.3. The Bertz CT molecular complexity index is 1500. The first kappa shape index (κ1) is 23.3. The second kappa shape index (κ2) is 9.20. The maximum atomic E-state index is 12.9. The Hall–Kier alpha value is -3.83. The molecule has 0 saturated carbocycles. The minimum Gasteiger partial charge on any atom is -0.267 e. The maximum Gasteiger partial charge on any atom is 0.283 e. The molecule has 0 aliphatic carbocycles. The van der Waals surface area contributed by atoms with E-state index in [9.17, 15) is 18.0 Å². The van der Waals surface area contributed by atoms with Gasteiger partial charge in [0, 0.05) is 18.7 Å². The van der Waals surface area contributed by atoms with Gasteiger partial charge in [0.15, 0.2) is 5.65 Å². The maximum absolute atomic E-state index is 12.9. The highest BCUT2D eigenvalue weighted by Gasteiger charge is 2.22. The number of rotatable bonds is 7. The Morgan fingerprint density at radius 1 is 1.03 bits per heavy atom. The minimum absolute atomic E-state index is 0.0940. The Morgan fingerprint density at radius 2 is 1.68 bits per heavy atom. The van der Waals surface area contributed by atoms with Crippen molar-refractivity contribution in [1.82, 2.24) is 23.7 Å². The van der Waals surface area contributed by atoms with Gasteiger partial charge in [0.05, 0.1) is 16.8 Å². The fraction of sp³-hybridized carbons (Fsp3) is 0.217. The monoisotopic (exact) mass is 480 g/mol. The van der Waals surface area contributed by atoms with E-state index in [0.717, 1.165) is 15.9 Å². The van der Waals surface area contributed by atoms with Gasteiger partial charge < -0.3 is 0 Å². The number of fused-ring (bicyclic) bond motifs is 1. The van der Waals surface area contributed by atoms with E-state index < -0.39 is 21.5 Å². The summed E-state index contributed by atoms with van der Waals surface area (Å²) in [6, 6.07) is 13.2. The van der Waals surface area contributed by atoms with Crippen LogP contribution in [0.4, 0.5) is 0 Å². The topological polar surface area (TPSA) is 119 Å². The zero-order valence-corrected chi connectivity index (χ0v) is 19.8. The quantitative estimate of drug-likeness (QED) is 0.434. The summed E-state index contributed by atoms with van der Waals surface area (Å²) in [5, 5.41) is 4.50. The van der Waals surface area contributed by atoms with Gasteiger partial charge in [-0.1, -0.05) is 31.5 Å². The SMILES string of the molecule is CCN(CC)S(=O)(=O)c1ccc(C(=O)Nn2cnc3c(cnn3-c3ccc(C)cc3)c2=O)cc1. The van der Waals surface area contributed by atoms with Gasteiger partial charge in [0.1, 0.15) is 11.7 Å². The molecule has 0 fully saturated rings. The van der Waals surface area contributed by atoms with Gasteiger partial charge in [-0.2, -0.15) is 9.40 Å². The Kier molecular flexibility index (Phi) is 6.31. The summed E-state index contributed by atoms with van der Waals surface area (Å²) < 4.78 is 29.1. The zero-order chi connectivity index (χ0) is 24.5. The molecule has 2 heterocycles. The number of aryl methyl sites for hydroxylation is 1. The number of carbonyl (C=O) groups is 1. The summed E-state index contributed by atoms with van der Waals surface area (Å²) in [5.74, 6) is -0.582. The van der Waals surface area contributed by atoms with Crippen molar-refractivity contribution >= 4 is 27.0 Å². The number of hydrogen-bond acceptors (Lipinski definition) is 6. The molecular formula is C23H24N6O4S. The molecule has 0 spiro atoms. The molecule has 0 aliphatic rings. The summed E-state index contributed by atoms with van der Waals surface area (Å²) in [5.41, 5.74) is 4.41. The molecule has 0 atom stereocenters. The van der Waals surface area contributed by atoms with E-state index >= 15 is 0 Å². The Balaban J connectivity index is 1.58. The largest absolute Gasteiger partial charge is 0.283 e. The van der Waals surface area contributed by atoms with Crippen LogP contribution in [0.1, 0.15) is 29.8 Å². The van der Waals surface area contributed by atoms with Crippen LogP contribution in [-0.4, -0.2) is 51.2 Å². The van der Waals surface area contributed by atoms with E-state index in [1.54, 1.807) is 18.5 Å². The number of nitrogens with zero attached hydrogens (tertiary/aromatic N) is 5. The number of benzene rings is 2. The molecule has 4 aromatic rings. The van der Waals surface area contributed by atoms with Crippen molar-refractivity contribution in [3.05, 3.63) is 82.5 Å². The van der Waals surface area contributed by atoms with Crippen LogP contribution >= 0.6 is 0 Å². The molecule has 11 heteroatoms. The van der Waals surface area contributed by atoms with Crippen molar-refractivity contribution in [1.29, 1.82) is 0 Å². The van der Waals surface area contributed by atoms with Crippen molar-refractivity contribution in [2.45, 2.75) is 25.7 Å². The summed E-state index contributed by atoms with van der Waals surface area (Å²) >= 11 is 0. The average Bonchev–Trinajstić information content (AvgIpc) is 3.27. The lowest BCUT2D eigenvalue weighted by Gasteiger charge is -2.18. The van der Waals surface area contributed by atoms with Gasteiger partial charge in [0.25, 0.3) is 11.5 Å². The van der Waals surface area contributed by atoms with E-state index in [-0.39, 0.29) is 15.8 Å². The molecule has 0 unspecified atom stereocenters. The molecule has 4 rings (SSSR count). The molecular weight excluding hydrogens is 456 g/mol. The van der Waals surface area contributed by atoms with Crippen LogP contribution in [0.15, 0.2) is 70.7 Å². The smallest absolute Gasteiger partial charge is 0.267 e. The van der Waals surface area contributed by atoms with Crippen molar-refractivity contribution in [3.8, 4) is 5.69 Å². The molecule has 1 N–H and O–H groups in total. The van der Waals surface area contributed by atoms with Crippen LogP contribution in [0.5, 0.6) is 0 Å². The third-order valence-electron chi connectivity index (χ3n) is 5.45. The van der Waals surface area contributed by atoms with Crippen LogP contribution in [0, 0.1) is 6.92 Å². The molecule has 0 radical (unpaired) electrons. The zero-order valence-electron chi connectivity index (χ0n) is 19.0. The first-order valence-electron chi connectivity index (χ1n) is 10.7. The van der Waals surface area contributed by atoms with Crippen molar-refractivity contribution < 1.29 is 13.2 Å². The lowest BCUT2D eigenvalue weighted by molar-refractivity contribution is 0.101. The molecule has 2 aromatic carbocycles. The van der Waals surface area contributed by atoms with Crippen LogP contribution in [-0.2, 0) is 10.0 Å². The number of sulfonamides is 1. The summed E-state index contributed by atoms with van der Waals surface area (Å²) in [7, 11) is -3.63. The molecule has 10 nitrogen and oxygen atoms in total. The summed E-state index contributed by atoms with van der Waals surface area (Å²) in [6.07, 6.45) is 2.62. The van der Waals surface area contributed by atoms with E-state index in [2.05, 4.69) is 15.5 Å². The molecule has 1 amide bonds. The van der Waals surface area contributed by atoms with E-state index in [4.69, 9.17) is 0 Å². The number of carbonyl (C=O) groups excluding carboxylic acids is 1. The highest BCUT2D eigenvalue weighted by molar-refractivity contribution is 7.89. The van der Waals surface area contributed by atoms with Gasteiger partial charge in [-0.3, -0.25) is 15.0 Å². The number of nitrogens with one attached hydrogen (secondary N) is 1. The molecule has 176 valence electrons. The summed E-state index contributed by atoms with van der Waals surface area (Å²) in [4.78, 5) is 30.0. The Morgan fingerprint density at radius 3 is 2.29 bits per heavy atom. The van der Waals surface area contributed by atoms with Crippen molar-refractivity contribution in [3.63, 3.8) is 0 Å². The first-order valence-corrected chi connectivity index (χ1v) is 12.1. The normalized spacial score (nSPS) is 11.8. The fourth-order valence-electron chi connectivity index (χ4n) is 3.53. The van der Waals surface area contributed by atoms with Crippen molar-refractivity contribution in [2.24, 2.45) is 0 Å². The summed E-state index contributed by atoms with van der Waals surface area (Å²) in [6.45, 7) is 6.19. The van der Waals surface area contributed by atoms with Gasteiger partial charge >= 0.3 is 0 Å². The third kappa shape index (κ3) is 4.22. The molecule has 34 heavy (non-hydrogen) atoms. The molecule has 0 saturated heterocycles. The van der Waals surface area contributed by atoms with E-state index in [1.165, 1.54) is 41.1 Å². The van der Waals surface area contributed by atoms with Crippen LogP contribution in [0.2, 0.25) is 0 Å². The van der Waals surface area contributed by atoms with Crippen LogP contribution in [0.3, 0.4) is 0 Å². The van der Waals surface area contributed by atoms with E-state index in [1.807, 2.05) is 31.2 Å². The minimum atomic E-state index is -3.63. The van der Waals surface area contributed by atoms with E-state index in [0.29, 0.717) is 18.7 Å². The molecule has 2 aromatic heterocycles. The van der Waals surface area contributed by atoms with Crippen molar-refractivity contribution in [2.75, 3.05) is 18.5 Å². The van der Waals surface area contributed by atoms with Gasteiger partial charge in [-0.15, -0.1) is 0 Å². The Labute approximate surface area is 196 Å². The second-order valence-electron chi connectivity index (χ2n) is 7.60. The van der Waals surface area contributed by atoms with Crippen LogP contribution in [0.25, 0.3) is 16.7 Å². The predicted octanol–water partition coefficient (Wildman–Crippen LogP) is 2.31. The van der Waals surface area contributed by atoms with Crippen LogP contribution < -0.4 is 11.0 Å². The number of hydrogen-bond donors (Lipinski definition) is 1. The fourth-order valence-corrected chi connectivity index (χ4v) is 4.99. The highest BCUT2D eigenvalue weighted by atomic mass is 32.2. The molecule has 0 bridgehead atoms. The number of amides is 1. The predicted molar refractivity (Wildman–Crippen MR) is 128 cm³/mol. The number of aromatic nitrogens is 4.